The van der Waals surface area contributed by atoms with Gasteiger partial charge in [-0.1, -0.05) is 0 Å². The van der Waals surface area contributed by atoms with E-state index in [0.29, 0.717) is 23.2 Å². The summed E-state index contributed by atoms with van der Waals surface area (Å²) < 4.78 is 0. The van der Waals surface area contributed by atoms with Crippen LogP contribution in [-0.2, 0) is 0 Å². The number of amides is 1. The molecule has 0 aromatic carbocycles. The molecule has 2 fully saturated rings. The van der Waals surface area contributed by atoms with E-state index < -0.39 is 0 Å². The highest BCUT2D eigenvalue weighted by molar-refractivity contribution is 5.99. The Morgan fingerprint density at radius 1 is 1.16 bits per heavy atom. The molecule has 1 aliphatic carbocycles. The number of pyridine rings is 1. The standard InChI is InChI=1S/C18H22N6O/c1-19-17(25)14-11-21-18(24-8-2-3-9-24)23-16(14)22-13-6-7-15(20-10-13)12-4-5-12/h6-7,10-12H,2-5,8-9H2,1H3,(H,19,25)(H,21,22,23). The summed E-state index contributed by atoms with van der Waals surface area (Å²) in [6, 6.07) is 4.04. The molecule has 0 unspecified atom stereocenters. The van der Waals surface area contributed by atoms with Gasteiger partial charge in [-0.05, 0) is 37.8 Å². The summed E-state index contributed by atoms with van der Waals surface area (Å²) in [4.78, 5) is 27.8. The van der Waals surface area contributed by atoms with E-state index in [-0.39, 0.29) is 5.91 Å². The van der Waals surface area contributed by atoms with Crippen molar-refractivity contribution >= 4 is 23.4 Å². The third kappa shape index (κ3) is 3.40. The Balaban J connectivity index is 1.62. The molecule has 2 aromatic rings. The summed E-state index contributed by atoms with van der Waals surface area (Å²) in [5.41, 5.74) is 2.38. The van der Waals surface area contributed by atoms with Crippen LogP contribution in [0.3, 0.4) is 0 Å². The summed E-state index contributed by atoms with van der Waals surface area (Å²) in [5.74, 6) is 1.58. The zero-order valence-electron chi connectivity index (χ0n) is 14.3. The summed E-state index contributed by atoms with van der Waals surface area (Å²) in [6.45, 7) is 1.91. The van der Waals surface area contributed by atoms with Crippen molar-refractivity contribution in [2.75, 3.05) is 30.4 Å². The van der Waals surface area contributed by atoms with E-state index >= 15 is 0 Å². The maximum atomic E-state index is 12.1. The Labute approximate surface area is 146 Å². The van der Waals surface area contributed by atoms with Crippen LogP contribution in [0.25, 0.3) is 0 Å². The van der Waals surface area contributed by atoms with Crippen molar-refractivity contribution in [1.29, 1.82) is 0 Å². The first kappa shape index (κ1) is 15.8. The van der Waals surface area contributed by atoms with Gasteiger partial charge in [0.05, 0.1) is 11.9 Å². The molecule has 2 aliphatic rings. The highest BCUT2D eigenvalue weighted by Crippen LogP contribution is 2.39. The molecular formula is C18H22N6O. The Bertz CT molecular complexity index is 766. The van der Waals surface area contributed by atoms with Crippen LogP contribution in [0.1, 0.15) is 47.7 Å². The molecule has 1 aliphatic heterocycles. The molecule has 25 heavy (non-hydrogen) atoms. The summed E-state index contributed by atoms with van der Waals surface area (Å²) in [6.07, 6.45) is 8.15. The quantitative estimate of drug-likeness (QED) is 0.871. The topological polar surface area (TPSA) is 83.0 Å². The lowest BCUT2D eigenvalue weighted by atomic mass is 10.2. The van der Waals surface area contributed by atoms with Crippen LogP contribution in [0.5, 0.6) is 0 Å². The van der Waals surface area contributed by atoms with Gasteiger partial charge in [-0.3, -0.25) is 9.78 Å². The Morgan fingerprint density at radius 3 is 2.60 bits per heavy atom. The number of nitrogens with one attached hydrogen (secondary N) is 2. The lowest BCUT2D eigenvalue weighted by Gasteiger charge is -2.17. The van der Waals surface area contributed by atoms with E-state index in [2.05, 4.69) is 30.5 Å². The largest absolute Gasteiger partial charge is 0.355 e. The number of hydrogen-bond donors (Lipinski definition) is 2. The smallest absolute Gasteiger partial charge is 0.256 e. The molecule has 2 N–H and O–H groups in total. The first-order chi connectivity index (χ1) is 12.2. The van der Waals surface area contributed by atoms with Gasteiger partial charge in [-0.15, -0.1) is 0 Å². The molecule has 1 amide bonds. The van der Waals surface area contributed by atoms with Crippen LogP contribution in [0.2, 0.25) is 0 Å². The Hall–Kier alpha value is -2.70. The van der Waals surface area contributed by atoms with Crippen LogP contribution >= 0.6 is 0 Å². The lowest BCUT2D eigenvalue weighted by molar-refractivity contribution is 0.0963. The predicted octanol–water partition coefficient (Wildman–Crippen LogP) is 2.45. The molecule has 7 nitrogen and oxygen atoms in total. The van der Waals surface area contributed by atoms with E-state index in [4.69, 9.17) is 0 Å². The average Bonchev–Trinajstić information content (AvgIpc) is 3.35. The fourth-order valence-electron chi connectivity index (χ4n) is 3.07. The lowest BCUT2D eigenvalue weighted by Crippen LogP contribution is -2.24. The Morgan fingerprint density at radius 2 is 1.96 bits per heavy atom. The molecule has 2 aromatic heterocycles. The highest BCUT2D eigenvalue weighted by Gasteiger charge is 2.24. The van der Waals surface area contributed by atoms with Crippen molar-refractivity contribution in [3.8, 4) is 0 Å². The number of carbonyl (C=O) groups is 1. The molecule has 7 heteroatoms. The molecule has 130 valence electrons. The van der Waals surface area contributed by atoms with Crippen molar-refractivity contribution < 1.29 is 4.79 Å². The van der Waals surface area contributed by atoms with Gasteiger partial charge < -0.3 is 15.5 Å². The molecule has 0 spiro atoms. The zero-order chi connectivity index (χ0) is 17.2. The second-order valence-corrected chi connectivity index (χ2v) is 6.58. The van der Waals surface area contributed by atoms with Gasteiger partial charge in [-0.2, -0.15) is 4.98 Å². The summed E-state index contributed by atoms with van der Waals surface area (Å²) >= 11 is 0. The summed E-state index contributed by atoms with van der Waals surface area (Å²) in [5, 5.41) is 5.88. The minimum absolute atomic E-state index is 0.210. The predicted molar refractivity (Wildman–Crippen MR) is 96.4 cm³/mol. The molecule has 0 bridgehead atoms. The van der Waals surface area contributed by atoms with Crippen LogP contribution < -0.4 is 15.5 Å². The first-order valence-corrected chi connectivity index (χ1v) is 8.81. The zero-order valence-corrected chi connectivity index (χ0v) is 14.3. The van der Waals surface area contributed by atoms with E-state index in [1.54, 1.807) is 19.4 Å². The van der Waals surface area contributed by atoms with Gasteiger partial charge >= 0.3 is 0 Å². The second-order valence-electron chi connectivity index (χ2n) is 6.58. The number of nitrogens with zero attached hydrogens (tertiary/aromatic N) is 4. The van der Waals surface area contributed by atoms with Crippen LogP contribution in [0, 0.1) is 0 Å². The molecular weight excluding hydrogens is 316 g/mol. The van der Waals surface area contributed by atoms with Gasteiger partial charge in [0.2, 0.25) is 5.95 Å². The molecule has 1 saturated carbocycles. The summed E-state index contributed by atoms with van der Waals surface area (Å²) in [7, 11) is 1.60. The fourth-order valence-corrected chi connectivity index (χ4v) is 3.07. The number of carbonyl (C=O) groups excluding carboxylic acids is 1. The SMILES string of the molecule is CNC(=O)c1cnc(N2CCCC2)nc1Nc1ccc(C2CC2)nc1. The molecule has 0 atom stereocenters. The van der Waals surface area contributed by atoms with Crippen LogP contribution in [-0.4, -0.2) is 41.0 Å². The van der Waals surface area contributed by atoms with Crippen LogP contribution in [0.4, 0.5) is 17.5 Å². The minimum Gasteiger partial charge on any atom is -0.355 e. The normalized spacial score (nSPS) is 16.8. The molecule has 4 rings (SSSR count). The van der Waals surface area contributed by atoms with Gasteiger partial charge in [0.25, 0.3) is 5.91 Å². The fraction of sp³-hybridized carbons (Fsp3) is 0.444. The number of aromatic nitrogens is 3. The van der Waals surface area contributed by atoms with Gasteiger partial charge in [0.1, 0.15) is 11.4 Å². The van der Waals surface area contributed by atoms with E-state index in [1.165, 1.54) is 12.8 Å². The number of anilines is 3. The van der Waals surface area contributed by atoms with Crippen molar-refractivity contribution in [1.82, 2.24) is 20.3 Å². The molecule has 3 heterocycles. The van der Waals surface area contributed by atoms with Crippen molar-refractivity contribution in [2.24, 2.45) is 0 Å². The van der Waals surface area contributed by atoms with E-state index in [0.717, 1.165) is 37.3 Å². The maximum absolute atomic E-state index is 12.1. The van der Waals surface area contributed by atoms with Gasteiger partial charge in [0.15, 0.2) is 0 Å². The number of rotatable bonds is 5. The maximum Gasteiger partial charge on any atom is 0.256 e. The molecule has 0 radical (unpaired) electrons. The monoisotopic (exact) mass is 338 g/mol. The highest BCUT2D eigenvalue weighted by atomic mass is 16.1. The average molecular weight is 338 g/mol. The van der Waals surface area contributed by atoms with Gasteiger partial charge in [0, 0.05) is 37.9 Å². The third-order valence-electron chi connectivity index (χ3n) is 4.68. The van der Waals surface area contributed by atoms with Gasteiger partial charge in [-0.25, -0.2) is 4.98 Å². The van der Waals surface area contributed by atoms with Crippen molar-refractivity contribution in [3.63, 3.8) is 0 Å². The van der Waals surface area contributed by atoms with E-state index in [9.17, 15) is 4.79 Å². The molecule has 1 saturated heterocycles. The van der Waals surface area contributed by atoms with E-state index in [1.807, 2.05) is 12.1 Å². The minimum atomic E-state index is -0.210. The van der Waals surface area contributed by atoms with Crippen LogP contribution in [0.15, 0.2) is 24.5 Å². The third-order valence-corrected chi connectivity index (χ3v) is 4.68. The van der Waals surface area contributed by atoms with Crippen molar-refractivity contribution in [2.45, 2.75) is 31.6 Å². The van der Waals surface area contributed by atoms with Crippen molar-refractivity contribution in [3.05, 3.63) is 35.8 Å². The number of hydrogen-bond acceptors (Lipinski definition) is 6. The second kappa shape index (κ2) is 6.66. The Kier molecular flexibility index (Phi) is 4.21. The first-order valence-electron chi connectivity index (χ1n) is 8.81.